The number of aromatic nitrogens is 2. The Morgan fingerprint density at radius 1 is 0.975 bits per heavy atom. The van der Waals surface area contributed by atoms with Crippen LogP contribution in [0, 0.1) is 0 Å². The van der Waals surface area contributed by atoms with Gasteiger partial charge in [0.15, 0.2) is 0 Å². The standard InChI is InChI=1S/C26H27BrF5N3O5/c1-24(2,3)39-22(36)34(23(37)40-25(4,5)6)12-15-11-17(14-7-9-16(10-8-14)38-26(30,31)32)19-20(18(15)27)35(13-33-19)21(28)29/h7-11,13,21H,12H2,1-6H3. The van der Waals surface area contributed by atoms with Crippen molar-refractivity contribution in [2.75, 3.05) is 0 Å². The molecule has 3 aromatic rings. The Labute approximate surface area is 235 Å². The number of amides is 2. The fourth-order valence-electron chi connectivity index (χ4n) is 3.56. The third kappa shape index (κ3) is 7.83. The molecule has 0 atom stereocenters. The molecule has 2 amide bonds. The van der Waals surface area contributed by atoms with Crippen LogP contribution in [0.1, 0.15) is 53.7 Å². The third-order valence-corrected chi connectivity index (χ3v) is 5.91. The summed E-state index contributed by atoms with van der Waals surface area (Å²) in [5.74, 6) is -0.482. The number of halogens is 6. The van der Waals surface area contributed by atoms with Crippen molar-refractivity contribution >= 4 is 39.1 Å². The summed E-state index contributed by atoms with van der Waals surface area (Å²) in [6, 6.07) is 6.21. The van der Waals surface area contributed by atoms with Gasteiger partial charge in [0.1, 0.15) is 23.3 Å². The molecular weight excluding hydrogens is 609 g/mol. The number of fused-ring (bicyclic) bond motifs is 1. The highest BCUT2D eigenvalue weighted by molar-refractivity contribution is 9.10. The van der Waals surface area contributed by atoms with E-state index in [4.69, 9.17) is 9.47 Å². The Morgan fingerprint density at radius 3 is 1.95 bits per heavy atom. The lowest BCUT2D eigenvalue weighted by atomic mass is 10.0. The van der Waals surface area contributed by atoms with Gasteiger partial charge >= 0.3 is 25.1 Å². The SMILES string of the molecule is CC(C)(C)OC(=O)N(Cc1cc(-c2ccc(OC(F)(F)F)cc2)c2ncn(C(F)F)c2c1Br)C(=O)OC(C)(C)C. The summed E-state index contributed by atoms with van der Waals surface area (Å²) < 4.78 is 81.0. The summed E-state index contributed by atoms with van der Waals surface area (Å²) in [5, 5.41) is 0. The predicted octanol–water partition coefficient (Wildman–Crippen LogP) is 8.43. The molecule has 0 spiro atoms. The number of carbonyl (C=O) groups excluding carboxylic acids is 2. The highest BCUT2D eigenvalue weighted by Gasteiger charge is 2.33. The van der Waals surface area contributed by atoms with E-state index in [1.807, 2.05) is 0 Å². The number of carbonyl (C=O) groups is 2. The predicted molar refractivity (Wildman–Crippen MR) is 139 cm³/mol. The molecule has 218 valence electrons. The van der Waals surface area contributed by atoms with Gasteiger partial charge in [-0.1, -0.05) is 12.1 Å². The maximum Gasteiger partial charge on any atom is 0.573 e. The van der Waals surface area contributed by atoms with Crippen LogP contribution in [0.4, 0.5) is 31.5 Å². The first kappa shape index (κ1) is 31.1. The number of benzene rings is 2. The average Bonchev–Trinajstić information content (AvgIpc) is 3.22. The monoisotopic (exact) mass is 635 g/mol. The van der Waals surface area contributed by atoms with E-state index in [2.05, 4.69) is 25.7 Å². The molecule has 0 saturated carbocycles. The zero-order valence-corrected chi connectivity index (χ0v) is 24.0. The highest BCUT2D eigenvalue weighted by Crippen LogP contribution is 2.39. The first-order valence-electron chi connectivity index (χ1n) is 11.8. The van der Waals surface area contributed by atoms with Crippen LogP contribution in [0.3, 0.4) is 0 Å². The molecule has 0 aliphatic carbocycles. The molecule has 0 radical (unpaired) electrons. The molecule has 14 heteroatoms. The van der Waals surface area contributed by atoms with Crippen molar-refractivity contribution < 1.29 is 45.8 Å². The van der Waals surface area contributed by atoms with Gasteiger partial charge in [-0.25, -0.2) is 19.5 Å². The Kier molecular flexibility index (Phi) is 8.73. The first-order valence-corrected chi connectivity index (χ1v) is 12.6. The van der Waals surface area contributed by atoms with E-state index < -0.39 is 48.6 Å². The number of imide groups is 1. The van der Waals surface area contributed by atoms with Crippen LogP contribution in [-0.2, 0) is 16.0 Å². The molecule has 0 aliphatic heterocycles. The number of nitrogens with zero attached hydrogens (tertiary/aromatic N) is 3. The van der Waals surface area contributed by atoms with Gasteiger partial charge in [0.2, 0.25) is 0 Å². The Morgan fingerprint density at radius 2 is 1.50 bits per heavy atom. The summed E-state index contributed by atoms with van der Waals surface area (Å²) >= 11 is 3.31. The number of hydrogen-bond donors (Lipinski definition) is 0. The van der Waals surface area contributed by atoms with Gasteiger partial charge in [-0.2, -0.15) is 8.78 Å². The number of imidazole rings is 1. The Bertz CT molecular complexity index is 1370. The second-order valence-electron chi connectivity index (χ2n) is 10.6. The minimum absolute atomic E-state index is 0.0635. The summed E-state index contributed by atoms with van der Waals surface area (Å²) in [7, 11) is 0. The van der Waals surface area contributed by atoms with Crippen LogP contribution in [0.25, 0.3) is 22.2 Å². The maximum atomic E-state index is 13.9. The number of alkyl halides is 5. The minimum atomic E-state index is -4.90. The first-order chi connectivity index (χ1) is 18.3. The van der Waals surface area contributed by atoms with E-state index in [1.54, 1.807) is 41.5 Å². The smallest absolute Gasteiger partial charge is 0.443 e. The molecule has 0 aliphatic rings. The molecule has 0 unspecified atom stereocenters. The van der Waals surface area contributed by atoms with Crippen molar-refractivity contribution in [2.45, 2.75) is 72.2 Å². The van der Waals surface area contributed by atoms with Gasteiger partial charge < -0.3 is 14.2 Å². The van der Waals surface area contributed by atoms with E-state index in [9.17, 15) is 31.5 Å². The number of ether oxygens (including phenoxy) is 3. The van der Waals surface area contributed by atoms with E-state index in [0.29, 0.717) is 15.0 Å². The summed E-state index contributed by atoms with van der Waals surface area (Å²) in [6.45, 7) is 6.16. The van der Waals surface area contributed by atoms with Crippen LogP contribution >= 0.6 is 15.9 Å². The second kappa shape index (κ2) is 11.2. The Balaban J connectivity index is 2.17. The second-order valence-corrected chi connectivity index (χ2v) is 11.4. The lowest BCUT2D eigenvalue weighted by molar-refractivity contribution is -0.274. The van der Waals surface area contributed by atoms with Gasteiger partial charge in [-0.05, 0) is 86.8 Å². The van der Waals surface area contributed by atoms with Crippen molar-refractivity contribution in [1.29, 1.82) is 0 Å². The zero-order chi connectivity index (χ0) is 30.2. The summed E-state index contributed by atoms with van der Waals surface area (Å²) in [5.41, 5.74) is -1.16. The van der Waals surface area contributed by atoms with Crippen molar-refractivity contribution in [3.8, 4) is 16.9 Å². The molecule has 1 aromatic heterocycles. The molecule has 0 N–H and O–H groups in total. The summed E-state index contributed by atoms with van der Waals surface area (Å²) in [4.78, 5) is 30.9. The van der Waals surface area contributed by atoms with E-state index in [-0.39, 0.29) is 26.6 Å². The molecule has 8 nitrogen and oxygen atoms in total. The highest BCUT2D eigenvalue weighted by atomic mass is 79.9. The zero-order valence-electron chi connectivity index (χ0n) is 22.4. The average molecular weight is 636 g/mol. The van der Waals surface area contributed by atoms with Crippen LogP contribution < -0.4 is 4.74 Å². The molecule has 0 fully saturated rings. The maximum absolute atomic E-state index is 13.9. The van der Waals surface area contributed by atoms with Gasteiger partial charge in [0, 0.05) is 10.0 Å². The third-order valence-electron chi connectivity index (χ3n) is 5.02. The fourth-order valence-corrected chi connectivity index (χ4v) is 4.19. The van der Waals surface area contributed by atoms with Crippen LogP contribution in [0.5, 0.6) is 5.75 Å². The van der Waals surface area contributed by atoms with Gasteiger partial charge in [-0.3, -0.25) is 4.57 Å². The lowest BCUT2D eigenvalue weighted by Gasteiger charge is -2.29. The molecule has 40 heavy (non-hydrogen) atoms. The molecule has 3 rings (SSSR count). The van der Waals surface area contributed by atoms with Gasteiger partial charge in [-0.15, -0.1) is 13.2 Å². The van der Waals surface area contributed by atoms with Gasteiger partial charge in [0.05, 0.1) is 17.6 Å². The number of rotatable bonds is 5. The van der Waals surface area contributed by atoms with E-state index >= 15 is 0 Å². The van der Waals surface area contributed by atoms with E-state index in [0.717, 1.165) is 18.5 Å². The van der Waals surface area contributed by atoms with Crippen molar-refractivity contribution in [3.63, 3.8) is 0 Å². The fraction of sp³-hybridized carbons (Fsp3) is 0.423. The quantitative estimate of drug-likeness (QED) is 0.262. The molecule has 1 heterocycles. The van der Waals surface area contributed by atoms with Crippen LogP contribution in [-0.4, -0.2) is 44.2 Å². The molecule has 2 aromatic carbocycles. The van der Waals surface area contributed by atoms with Crippen LogP contribution in [0.2, 0.25) is 0 Å². The number of hydrogen-bond acceptors (Lipinski definition) is 6. The topological polar surface area (TPSA) is 82.9 Å². The largest absolute Gasteiger partial charge is 0.573 e. The molecule has 0 saturated heterocycles. The minimum Gasteiger partial charge on any atom is -0.443 e. The normalized spacial score (nSPS) is 12.5. The Hall–Kier alpha value is -3.42. The molecular formula is C26H27BrF5N3O5. The molecule has 0 bridgehead atoms. The van der Waals surface area contributed by atoms with Crippen LogP contribution in [0.15, 0.2) is 41.1 Å². The van der Waals surface area contributed by atoms with Crippen molar-refractivity contribution in [1.82, 2.24) is 14.5 Å². The van der Waals surface area contributed by atoms with Crippen molar-refractivity contribution in [2.24, 2.45) is 0 Å². The van der Waals surface area contributed by atoms with Gasteiger partial charge in [0.25, 0.3) is 0 Å². The summed E-state index contributed by atoms with van der Waals surface area (Å²) in [6.07, 6.45) is -6.06. The van der Waals surface area contributed by atoms with Crippen molar-refractivity contribution in [3.05, 3.63) is 46.7 Å². The van der Waals surface area contributed by atoms with E-state index in [1.165, 1.54) is 18.2 Å². The lowest BCUT2D eigenvalue weighted by Crippen LogP contribution is -2.43.